The molecule has 68 valence electrons. The van der Waals surface area contributed by atoms with E-state index >= 15 is 0 Å². The predicted octanol–water partition coefficient (Wildman–Crippen LogP) is -1.39. The summed E-state index contributed by atoms with van der Waals surface area (Å²) >= 11 is 0. The second-order valence-corrected chi connectivity index (χ2v) is 2.33. The third-order valence-electron chi connectivity index (χ3n) is 1.12. The summed E-state index contributed by atoms with van der Waals surface area (Å²) in [7, 11) is -1.04. The Bertz CT molecular complexity index is 183. The molecule has 0 rings (SSSR count). The summed E-state index contributed by atoms with van der Waals surface area (Å²) in [5.41, 5.74) is 0. The van der Waals surface area contributed by atoms with Crippen LogP contribution in [0.3, 0.4) is 0 Å². The summed E-state index contributed by atoms with van der Waals surface area (Å²) < 4.78 is 0. The molecular formula is C5H10BNO5. The maximum absolute atomic E-state index is 10.3. The second-order valence-electron chi connectivity index (χ2n) is 2.33. The zero-order valence-electron chi connectivity index (χ0n) is 6.52. The monoisotopic (exact) mass is 175 g/mol. The van der Waals surface area contributed by atoms with Crippen molar-refractivity contribution in [3.8, 4) is 0 Å². The Morgan fingerprint density at radius 1 is 1.50 bits per heavy atom. The van der Waals surface area contributed by atoms with Gasteiger partial charge in [0, 0.05) is 0 Å². The van der Waals surface area contributed by atoms with Crippen LogP contribution in [0, 0.1) is 0 Å². The standard InChI is InChI=1S/C5H10BNO5/c1-6(12)7-3(5(10)11)2-4(8)9/h3,7,12H,2H2,1H3,(H,8,9)(H,10,11). The van der Waals surface area contributed by atoms with E-state index in [2.05, 4.69) is 5.23 Å². The van der Waals surface area contributed by atoms with Crippen LogP contribution in [0.25, 0.3) is 0 Å². The molecule has 0 bridgehead atoms. The van der Waals surface area contributed by atoms with Crippen LogP contribution in [0.15, 0.2) is 0 Å². The molecule has 0 aromatic rings. The molecule has 0 heterocycles. The van der Waals surface area contributed by atoms with Crippen LogP contribution in [-0.2, 0) is 9.59 Å². The summed E-state index contributed by atoms with van der Waals surface area (Å²) in [5, 5.41) is 27.6. The van der Waals surface area contributed by atoms with Gasteiger partial charge >= 0.3 is 19.0 Å². The van der Waals surface area contributed by atoms with Crippen LogP contribution in [-0.4, -0.2) is 40.3 Å². The van der Waals surface area contributed by atoms with Crippen LogP contribution < -0.4 is 5.23 Å². The number of rotatable bonds is 5. The molecule has 0 saturated carbocycles. The van der Waals surface area contributed by atoms with Gasteiger partial charge in [-0.1, -0.05) is 0 Å². The van der Waals surface area contributed by atoms with Crippen molar-refractivity contribution >= 4 is 19.0 Å². The first kappa shape index (κ1) is 10.9. The largest absolute Gasteiger partial charge is 0.481 e. The molecule has 1 unspecified atom stereocenters. The molecule has 0 aliphatic carbocycles. The average molecular weight is 175 g/mol. The Morgan fingerprint density at radius 3 is 2.25 bits per heavy atom. The van der Waals surface area contributed by atoms with Gasteiger partial charge in [0.05, 0.1) is 6.42 Å². The van der Waals surface area contributed by atoms with Crippen molar-refractivity contribution in [2.45, 2.75) is 19.3 Å². The van der Waals surface area contributed by atoms with E-state index < -0.39 is 31.5 Å². The smallest absolute Gasteiger partial charge is 0.374 e. The Morgan fingerprint density at radius 2 is 2.00 bits per heavy atom. The summed E-state index contributed by atoms with van der Waals surface area (Å²) in [5.74, 6) is -2.52. The lowest BCUT2D eigenvalue weighted by Crippen LogP contribution is -2.45. The molecule has 4 N–H and O–H groups in total. The molecule has 6 nitrogen and oxygen atoms in total. The van der Waals surface area contributed by atoms with Gasteiger partial charge in [0.15, 0.2) is 0 Å². The average Bonchev–Trinajstić information content (AvgIpc) is 1.83. The number of carboxylic acid groups (broad SMARTS) is 2. The molecule has 0 fully saturated rings. The van der Waals surface area contributed by atoms with Crippen LogP contribution >= 0.6 is 0 Å². The van der Waals surface area contributed by atoms with E-state index in [9.17, 15) is 9.59 Å². The Balaban J connectivity index is 4.04. The van der Waals surface area contributed by atoms with E-state index in [1.807, 2.05) is 0 Å². The highest BCUT2D eigenvalue weighted by Gasteiger charge is 2.22. The number of aliphatic carboxylic acids is 2. The third kappa shape index (κ3) is 4.70. The molecular weight excluding hydrogens is 165 g/mol. The lowest BCUT2D eigenvalue weighted by Gasteiger charge is -2.11. The van der Waals surface area contributed by atoms with Gasteiger partial charge in [-0.05, 0) is 6.82 Å². The van der Waals surface area contributed by atoms with Crippen molar-refractivity contribution in [3.63, 3.8) is 0 Å². The van der Waals surface area contributed by atoms with Gasteiger partial charge in [0.2, 0.25) is 0 Å². The van der Waals surface area contributed by atoms with Crippen molar-refractivity contribution < 1.29 is 24.8 Å². The van der Waals surface area contributed by atoms with E-state index in [0.717, 1.165) is 0 Å². The highest BCUT2D eigenvalue weighted by atomic mass is 16.4. The summed E-state index contributed by atoms with van der Waals surface area (Å²) in [6, 6.07) is -1.25. The maximum Gasteiger partial charge on any atom is 0.374 e. The number of hydrogen-bond acceptors (Lipinski definition) is 4. The van der Waals surface area contributed by atoms with Crippen LogP contribution in [0.1, 0.15) is 6.42 Å². The number of carboxylic acids is 2. The minimum absolute atomic E-state index is 0.555. The molecule has 1 atom stereocenters. The van der Waals surface area contributed by atoms with Crippen molar-refractivity contribution in [1.82, 2.24) is 5.23 Å². The fourth-order valence-corrected chi connectivity index (χ4v) is 0.683. The first-order valence-corrected chi connectivity index (χ1v) is 3.32. The molecule has 0 aromatic carbocycles. The SMILES string of the molecule is CB(O)NC(CC(=O)O)C(=O)O. The highest BCUT2D eigenvalue weighted by Crippen LogP contribution is 1.92. The quantitative estimate of drug-likeness (QED) is 0.383. The van der Waals surface area contributed by atoms with Crippen LogP contribution in [0.4, 0.5) is 0 Å². The normalized spacial score (nSPS) is 12.2. The molecule has 0 aliphatic rings. The molecule has 7 heteroatoms. The lowest BCUT2D eigenvalue weighted by molar-refractivity contribution is -0.145. The van der Waals surface area contributed by atoms with Crippen molar-refractivity contribution in [3.05, 3.63) is 0 Å². The van der Waals surface area contributed by atoms with E-state index in [-0.39, 0.29) is 0 Å². The van der Waals surface area contributed by atoms with Crippen molar-refractivity contribution in [1.29, 1.82) is 0 Å². The van der Waals surface area contributed by atoms with E-state index in [1.165, 1.54) is 6.82 Å². The van der Waals surface area contributed by atoms with Gasteiger partial charge in [-0.2, -0.15) is 0 Å². The molecule has 0 amide bonds. The lowest BCUT2D eigenvalue weighted by atomic mass is 9.87. The molecule has 12 heavy (non-hydrogen) atoms. The fraction of sp³-hybridized carbons (Fsp3) is 0.600. The first-order valence-electron chi connectivity index (χ1n) is 3.32. The zero-order valence-corrected chi connectivity index (χ0v) is 6.52. The summed E-state index contributed by atoms with van der Waals surface area (Å²) in [4.78, 5) is 20.4. The Kier molecular flexibility index (Phi) is 4.31. The van der Waals surface area contributed by atoms with E-state index in [0.29, 0.717) is 0 Å². The zero-order chi connectivity index (χ0) is 9.72. The Labute approximate surface area is 69.3 Å². The van der Waals surface area contributed by atoms with Gasteiger partial charge in [-0.3, -0.25) is 9.59 Å². The van der Waals surface area contributed by atoms with Gasteiger partial charge in [0.25, 0.3) is 0 Å². The molecule has 0 saturated heterocycles. The molecule has 0 aliphatic heterocycles. The number of hydrogen-bond donors (Lipinski definition) is 4. The molecule has 0 radical (unpaired) electrons. The van der Waals surface area contributed by atoms with Gasteiger partial charge < -0.3 is 20.5 Å². The van der Waals surface area contributed by atoms with E-state index in [4.69, 9.17) is 15.2 Å². The fourth-order valence-electron chi connectivity index (χ4n) is 0.683. The highest BCUT2D eigenvalue weighted by molar-refractivity contribution is 6.46. The van der Waals surface area contributed by atoms with Gasteiger partial charge in [-0.25, -0.2) is 0 Å². The predicted molar refractivity (Wildman–Crippen MR) is 40.6 cm³/mol. The summed E-state index contributed by atoms with van der Waals surface area (Å²) in [6.07, 6.45) is -0.555. The van der Waals surface area contributed by atoms with Crippen molar-refractivity contribution in [2.24, 2.45) is 0 Å². The van der Waals surface area contributed by atoms with Crippen LogP contribution in [0.2, 0.25) is 6.82 Å². The number of carbonyl (C=O) groups is 2. The third-order valence-corrected chi connectivity index (χ3v) is 1.12. The topological polar surface area (TPSA) is 107 Å². The van der Waals surface area contributed by atoms with Gasteiger partial charge in [0.1, 0.15) is 6.04 Å². The van der Waals surface area contributed by atoms with Crippen molar-refractivity contribution in [2.75, 3.05) is 0 Å². The number of nitrogens with one attached hydrogen (secondary N) is 1. The molecule has 0 spiro atoms. The second kappa shape index (κ2) is 4.73. The minimum atomic E-state index is -1.29. The van der Waals surface area contributed by atoms with E-state index in [1.54, 1.807) is 0 Å². The Hall–Kier alpha value is -1.08. The van der Waals surface area contributed by atoms with Gasteiger partial charge in [-0.15, -0.1) is 0 Å². The minimum Gasteiger partial charge on any atom is -0.481 e. The van der Waals surface area contributed by atoms with Crippen LogP contribution in [0.5, 0.6) is 0 Å². The first-order chi connectivity index (χ1) is 5.43. The summed E-state index contributed by atoms with van der Waals surface area (Å²) in [6.45, 7) is 1.32. The maximum atomic E-state index is 10.3. The molecule has 0 aromatic heterocycles.